The van der Waals surface area contributed by atoms with Crippen LogP contribution in [0, 0.1) is 5.92 Å². The third-order valence-corrected chi connectivity index (χ3v) is 3.18. The van der Waals surface area contributed by atoms with Gasteiger partial charge in [0.05, 0.1) is 0 Å². The molecule has 1 aliphatic heterocycles. The molecule has 19 heavy (non-hydrogen) atoms. The Kier molecular flexibility index (Phi) is 5.56. The molecule has 0 aromatic carbocycles. The summed E-state index contributed by atoms with van der Waals surface area (Å²) in [5, 5.41) is 11.4. The van der Waals surface area contributed by atoms with Crippen LogP contribution in [0.3, 0.4) is 0 Å². The molecule has 0 bridgehead atoms. The van der Waals surface area contributed by atoms with Crippen LogP contribution in [0.15, 0.2) is 0 Å². The van der Waals surface area contributed by atoms with Gasteiger partial charge in [-0.25, -0.2) is 9.59 Å². The largest absolute Gasteiger partial charge is 0.480 e. The maximum absolute atomic E-state index is 11.9. The fraction of sp³-hybridized carbons (Fsp3) is 0.727. The summed E-state index contributed by atoms with van der Waals surface area (Å²) in [4.78, 5) is 35.0. The van der Waals surface area contributed by atoms with Crippen LogP contribution < -0.4 is 16.8 Å². The SMILES string of the molecule is NCC1CCN(C(=O)NC(CCC(N)=O)C(=O)O)C1. The van der Waals surface area contributed by atoms with Crippen LogP contribution in [-0.2, 0) is 9.59 Å². The van der Waals surface area contributed by atoms with Gasteiger partial charge in [-0.2, -0.15) is 0 Å². The molecule has 0 aromatic heterocycles. The molecule has 0 radical (unpaired) electrons. The number of amides is 3. The van der Waals surface area contributed by atoms with Crippen LogP contribution in [0.2, 0.25) is 0 Å². The molecular formula is C11H20N4O4. The van der Waals surface area contributed by atoms with E-state index in [9.17, 15) is 14.4 Å². The Morgan fingerprint density at radius 3 is 2.58 bits per heavy atom. The molecule has 1 aliphatic rings. The van der Waals surface area contributed by atoms with Crippen molar-refractivity contribution in [2.75, 3.05) is 19.6 Å². The Hall–Kier alpha value is -1.83. The number of urea groups is 1. The van der Waals surface area contributed by atoms with E-state index in [0.717, 1.165) is 6.42 Å². The van der Waals surface area contributed by atoms with Gasteiger partial charge in [0.1, 0.15) is 6.04 Å². The summed E-state index contributed by atoms with van der Waals surface area (Å²) in [6, 6.07) is -1.54. The summed E-state index contributed by atoms with van der Waals surface area (Å²) in [5.41, 5.74) is 10.5. The fourth-order valence-corrected chi connectivity index (χ4v) is 1.99. The summed E-state index contributed by atoms with van der Waals surface area (Å²) >= 11 is 0. The summed E-state index contributed by atoms with van der Waals surface area (Å²) < 4.78 is 0. The standard InChI is InChI=1S/C11H20N4O4/c12-5-7-3-4-15(6-7)11(19)14-8(10(17)18)1-2-9(13)16/h7-8H,1-6,12H2,(H2,13,16)(H,14,19)(H,17,18). The number of carboxylic acids is 1. The molecule has 1 rings (SSSR count). The fourth-order valence-electron chi connectivity index (χ4n) is 1.99. The molecule has 3 amide bonds. The number of rotatable bonds is 6. The van der Waals surface area contributed by atoms with Crippen LogP contribution >= 0.6 is 0 Å². The number of hydrogen-bond donors (Lipinski definition) is 4. The molecule has 108 valence electrons. The predicted octanol–water partition coefficient (Wildman–Crippen LogP) is -1.30. The highest BCUT2D eigenvalue weighted by molar-refractivity contribution is 5.83. The van der Waals surface area contributed by atoms with Crippen LogP contribution in [0.1, 0.15) is 19.3 Å². The molecule has 2 atom stereocenters. The van der Waals surface area contributed by atoms with Gasteiger partial charge in [0, 0.05) is 19.5 Å². The monoisotopic (exact) mass is 272 g/mol. The first kappa shape index (κ1) is 15.2. The highest BCUT2D eigenvalue weighted by Gasteiger charge is 2.28. The second-order valence-electron chi connectivity index (χ2n) is 4.68. The number of primary amides is 1. The molecule has 1 fully saturated rings. The van der Waals surface area contributed by atoms with Crippen molar-refractivity contribution in [1.82, 2.24) is 10.2 Å². The first-order valence-corrected chi connectivity index (χ1v) is 6.20. The molecule has 0 saturated carbocycles. The third-order valence-electron chi connectivity index (χ3n) is 3.18. The summed E-state index contributed by atoms with van der Waals surface area (Å²) in [6.07, 6.45) is 0.732. The van der Waals surface area contributed by atoms with Crippen LogP contribution in [0.5, 0.6) is 0 Å². The Morgan fingerprint density at radius 1 is 1.42 bits per heavy atom. The van der Waals surface area contributed by atoms with E-state index < -0.39 is 23.9 Å². The lowest BCUT2D eigenvalue weighted by atomic mass is 10.1. The number of hydrogen-bond acceptors (Lipinski definition) is 4. The van der Waals surface area contributed by atoms with E-state index in [2.05, 4.69) is 5.32 Å². The van der Waals surface area contributed by atoms with Crippen molar-refractivity contribution in [2.24, 2.45) is 17.4 Å². The lowest BCUT2D eigenvalue weighted by Crippen LogP contribution is -2.47. The Bertz CT molecular complexity index is 361. The second-order valence-corrected chi connectivity index (χ2v) is 4.68. The van der Waals surface area contributed by atoms with Gasteiger partial charge < -0.3 is 26.8 Å². The number of carboxylic acid groups (broad SMARTS) is 1. The van der Waals surface area contributed by atoms with Crippen molar-refractivity contribution in [3.63, 3.8) is 0 Å². The maximum atomic E-state index is 11.9. The van der Waals surface area contributed by atoms with Crippen molar-refractivity contribution >= 4 is 17.9 Å². The number of aliphatic carboxylic acids is 1. The minimum Gasteiger partial charge on any atom is -0.480 e. The molecule has 8 heteroatoms. The molecule has 8 nitrogen and oxygen atoms in total. The summed E-state index contributed by atoms with van der Waals surface area (Å²) in [6.45, 7) is 1.61. The minimum atomic E-state index is -1.18. The first-order chi connectivity index (χ1) is 8.93. The van der Waals surface area contributed by atoms with Crippen LogP contribution in [0.4, 0.5) is 4.79 Å². The zero-order valence-electron chi connectivity index (χ0n) is 10.7. The molecular weight excluding hydrogens is 252 g/mol. The van der Waals surface area contributed by atoms with Gasteiger partial charge in [-0.3, -0.25) is 4.79 Å². The van der Waals surface area contributed by atoms with E-state index in [1.807, 2.05) is 0 Å². The van der Waals surface area contributed by atoms with Gasteiger partial charge in [0.25, 0.3) is 0 Å². The second kappa shape index (κ2) is 6.93. The molecule has 0 aliphatic carbocycles. The minimum absolute atomic E-state index is 0.00936. The van der Waals surface area contributed by atoms with Crippen molar-refractivity contribution in [3.8, 4) is 0 Å². The topological polar surface area (TPSA) is 139 Å². The molecule has 1 saturated heterocycles. The van der Waals surface area contributed by atoms with Crippen molar-refractivity contribution in [3.05, 3.63) is 0 Å². The van der Waals surface area contributed by atoms with Gasteiger partial charge in [0.2, 0.25) is 5.91 Å². The van der Waals surface area contributed by atoms with E-state index >= 15 is 0 Å². The quantitative estimate of drug-likeness (QED) is 0.475. The zero-order chi connectivity index (χ0) is 14.4. The van der Waals surface area contributed by atoms with Crippen LogP contribution in [-0.4, -0.2) is 53.6 Å². The number of nitrogens with one attached hydrogen (secondary N) is 1. The Morgan fingerprint density at radius 2 is 2.11 bits per heavy atom. The van der Waals surface area contributed by atoms with Crippen molar-refractivity contribution in [2.45, 2.75) is 25.3 Å². The van der Waals surface area contributed by atoms with Gasteiger partial charge in [-0.05, 0) is 25.3 Å². The van der Waals surface area contributed by atoms with E-state index in [4.69, 9.17) is 16.6 Å². The Balaban J connectivity index is 2.47. The summed E-state index contributed by atoms with van der Waals surface area (Å²) in [7, 11) is 0. The third kappa shape index (κ3) is 4.74. The van der Waals surface area contributed by atoms with E-state index in [0.29, 0.717) is 19.6 Å². The zero-order valence-corrected chi connectivity index (χ0v) is 10.7. The molecule has 2 unspecified atom stereocenters. The van der Waals surface area contributed by atoms with Crippen molar-refractivity contribution in [1.29, 1.82) is 0 Å². The average Bonchev–Trinajstić information content (AvgIpc) is 2.82. The first-order valence-electron chi connectivity index (χ1n) is 6.20. The number of nitrogens with zero attached hydrogens (tertiary/aromatic N) is 1. The Labute approximate surface area is 111 Å². The molecule has 1 heterocycles. The number of nitrogens with two attached hydrogens (primary N) is 2. The van der Waals surface area contributed by atoms with Crippen LogP contribution in [0.25, 0.3) is 0 Å². The lowest BCUT2D eigenvalue weighted by molar-refractivity contribution is -0.139. The highest BCUT2D eigenvalue weighted by atomic mass is 16.4. The summed E-state index contributed by atoms with van der Waals surface area (Å²) in [5.74, 6) is -1.51. The van der Waals surface area contributed by atoms with E-state index in [1.54, 1.807) is 0 Å². The van der Waals surface area contributed by atoms with Gasteiger partial charge in [0.15, 0.2) is 0 Å². The number of likely N-dealkylation sites (tertiary alicyclic amines) is 1. The number of carbonyl (C=O) groups excluding carboxylic acids is 2. The smallest absolute Gasteiger partial charge is 0.326 e. The highest BCUT2D eigenvalue weighted by Crippen LogP contribution is 2.14. The molecule has 0 spiro atoms. The normalized spacial score (nSPS) is 20.1. The van der Waals surface area contributed by atoms with E-state index in [-0.39, 0.29) is 18.8 Å². The predicted molar refractivity (Wildman–Crippen MR) is 67.1 cm³/mol. The molecule has 0 aromatic rings. The molecule has 6 N–H and O–H groups in total. The van der Waals surface area contributed by atoms with Gasteiger partial charge >= 0.3 is 12.0 Å². The van der Waals surface area contributed by atoms with E-state index in [1.165, 1.54) is 4.90 Å². The van der Waals surface area contributed by atoms with Gasteiger partial charge in [-0.15, -0.1) is 0 Å². The number of carbonyl (C=O) groups is 3. The van der Waals surface area contributed by atoms with Gasteiger partial charge in [-0.1, -0.05) is 0 Å². The average molecular weight is 272 g/mol. The maximum Gasteiger partial charge on any atom is 0.326 e. The lowest BCUT2D eigenvalue weighted by Gasteiger charge is -2.20. The van der Waals surface area contributed by atoms with Crippen molar-refractivity contribution < 1.29 is 19.5 Å².